The number of aliphatic hydroxyl groups excluding tert-OH is 1. The topological polar surface area (TPSA) is 83.0 Å². The first kappa shape index (κ1) is 17.6. The second kappa shape index (κ2) is 7.46. The first-order chi connectivity index (χ1) is 13.1. The molecule has 0 aliphatic carbocycles. The van der Waals surface area contributed by atoms with Crippen LogP contribution in [0, 0.1) is 13.8 Å². The molecule has 0 spiro atoms. The Morgan fingerprint density at radius 2 is 1.85 bits per heavy atom. The molecule has 0 unspecified atom stereocenters. The first-order valence-electron chi connectivity index (χ1n) is 8.90. The average Bonchev–Trinajstić information content (AvgIpc) is 3.01. The van der Waals surface area contributed by atoms with E-state index in [1.54, 1.807) is 11.3 Å². The maximum absolute atomic E-state index is 9.05. The van der Waals surface area contributed by atoms with Crippen molar-refractivity contribution in [2.75, 3.05) is 23.8 Å². The summed E-state index contributed by atoms with van der Waals surface area (Å²) in [6.45, 7) is 4.86. The number of aliphatic hydroxyl groups is 1. The lowest BCUT2D eigenvalue weighted by Crippen LogP contribution is -2.08. The lowest BCUT2D eigenvalue weighted by Gasteiger charge is -2.12. The predicted molar refractivity (Wildman–Crippen MR) is 112 cm³/mol. The molecule has 0 aliphatic rings. The van der Waals surface area contributed by atoms with Crippen LogP contribution in [0.4, 0.5) is 17.5 Å². The van der Waals surface area contributed by atoms with Crippen molar-refractivity contribution < 1.29 is 5.11 Å². The molecule has 2 aromatic heterocycles. The summed E-state index contributed by atoms with van der Waals surface area (Å²) in [5.74, 6) is 1.31. The Kier molecular flexibility index (Phi) is 4.87. The molecule has 4 rings (SSSR count). The third-order valence-corrected chi connectivity index (χ3v) is 5.16. The van der Waals surface area contributed by atoms with Crippen molar-refractivity contribution in [3.63, 3.8) is 0 Å². The number of hydrogen-bond acceptors (Lipinski definition) is 7. The quantitative estimate of drug-likeness (QED) is 0.431. The number of hydrogen-bond donors (Lipinski definition) is 3. The van der Waals surface area contributed by atoms with Crippen LogP contribution in [0.5, 0.6) is 0 Å². The molecule has 0 radical (unpaired) electrons. The lowest BCUT2D eigenvalue weighted by molar-refractivity contribution is 0.292. The number of rotatable bonds is 6. The fraction of sp³-hybridized carbons (Fsp3) is 0.250. The lowest BCUT2D eigenvalue weighted by atomic mass is 10.1. The van der Waals surface area contributed by atoms with Gasteiger partial charge in [0.15, 0.2) is 0 Å². The molecule has 3 N–H and O–H groups in total. The number of thiazole rings is 1. The van der Waals surface area contributed by atoms with Gasteiger partial charge in [-0.3, -0.25) is 0 Å². The number of aromatic nitrogens is 3. The molecule has 2 aromatic carbocycles. The minimum atomic E-state index is 0.147. The summed E-state index contributed by atoms with van der Waals surface area (Å²) in [5.41, 5.74) is 3.96. The average molecular weight is 379 g/mol. The monoisotopic (exact) mass is 379 g/mol. The molecule has 0 saturated carbocycles. The zero-order chi connectivity index (χ0) is 18.8. The van der Waals surface area contributed by atoms with Gasteiger partial charge in [0.1, 0.15) is 5.82 Å². The highest BCUT2D eigenvalue weighted by Crippen LogP contribution is 2.28. The predicted octanol–water partition coefficient (Wildman–Crippen LogP) is 4.39. The van der Waals surface area contributed by atoms with Gasteiger partial charge in [0.2, 0.25) is 5.95 Å². The number of fused-ring (bicyclic) bond motifs is 2. The maximum atomic E-state index is 9.05. The van der Waals surface area contributed by atoms with Crippen molar-refractivity contribution in [3.05, 3.63) is 47.0 Å². The van der Waals surface area contributed by atoms with Crippen LogP contribution >= 0.6 is 11.3 Å². The van der Waals surface area contributed by atoms with E-state index in [2.05, 4.69) is 44.6 Å². The van der Waals surface area contributed by atoms with E-state index >= 15 is 0 Å². The van der Waals surface area contributed by atoms with Crippen molar-refractivity contribution in [2.45, 2.75) is 20.3 Å². The van der Waals surface area contributed by atoms with Crippen molar-refractivity contribution in [2.24, 2.45) is 0 Å². The fourth-order valence-corrected chi connectivity index (χ4v) is 3.83. The van der Waals surface area contributed by atoms with E-state index in [-0.39, 0.29) is 6.61 Å². The van der Waals surface area contributed by atoms with Crippen molar-refractivity contribution >= 4 is 49.9 Å². The van der Waals surface area contributed by atoms with E-state index in [1.807, 2.05) is 31.2 Å². The SMILES string of the molecule is Cc1ccc2nc(Nc3ccc4nc(C)sc4c3)nc(NCCCO)c2c1. The molecule has 4 aromatic rings. The summed E-state index contributed by atoms with van der Waals surface area (Å²) in [7, 11) is 0. The highest BCUT2D eigenvalue weighted by molar-refractivity contribution is 7.18. The van der Waals surface area contributed by atoms with Crippen LogP contribution in [0.3, 0.4) is 0 Å². The van der Waals surface area contributed by atoms with E-state index in [1.165, 1.54) is 0 Å². The number of aryl methyl sites for hydroxylation is 2. The largest absolute Gasteiger partial charge is 0.396 e. The van der Waals surface area contributed by atoms with Gasteiger partial charge in [-0.1, -0.05) is 11.6 Å². The van der Waals surface area contributed by atoms with E-state index in [0.717, 1.165) is 43.2 Å². The zero-order valence-electron chi connectivity index (χ0n) is 15.3. The summed E-state index contributed by atoms with van der Waals surface area (Å²) >= 11 is 1.67. The van der Waals surface area contributed by atoms with Gasteiger partial charge in [0, 0.05) is 24.2 Å². The Bertz CT molecular complexity index is 1110. The Labute approximate surface area is 161 Å². The summed E-state index contributed by atoms with van der Waals surface area (Å²) < 4.78 is 1.13. The van der Waals surface area contributed by atoms with Gasteiger partial charge in [-0.05, 0) is 50.6 Å². The smallest absolute Gasteiger partial charge is 0.229 e. The van der Waals surface area contributed by atoms with E-state index in [4.69, 9.17) is 5.11 Å². The second-order valence-electron chi connectivity index (χ2n) is 6.46. The Morgan fingerprint density at radius 1 is 1.00 bits per heavy atom. The van der Waals surface area contributed by atoms with E-state index in [0.29, 0.717) is 18.9 Å². The molecule has 0 saturated heterocycles. The van der Waals surface area contributed by atoms with Gasteiger partial charge in [-0.2, -0.15) is 4.98 Å². The number of anilines is 3. The number of nitrogens with one attached hydrogen (secondary N) is 2. The molecular weight excluding hydrogens is 358 g/mol. The molecule has 0 bridgehead atoms. The van der Waals surface area contributed by atoms with Crippen molar-refractivity contribution in [1.29, 1.82) is 0 Å². The normalized spacial score (nSPS) is 11.2. The second-order valence-corrected chi connectivity index (χ2v) is 7.70. The van der Waals surface area contributed by atoms with Gasteiger partial charge in [0.25, 0.3) is 0 Å². The molecular formula is C20H21N5OS. The number of nitrogens with zero attached hydrogens (tertiary/aromatic N) is 3. The summed E-state index contributed by atoms with van der Waals surface area (Å²) in [6, 6.07) is 12.2. The van der Waals surface area contributed by atoms with Gasteiger partial charge >= 0.3 is 0 Å². The molecule has 7 heteroatoms. The maximum Gasteiger partial charge on any atom is 0.229 e. The van der Waals surface area contributed by atoms with E-state index < -0.39 is 0 Å². The minimum Gasteiger partial charge on any atom is -0.396 e. The van der Waals surface area contributed by atoms with Crippen molar-refractivity contribution in [3.8, 4) is 0 Å². The molecule has 138 valence electrons. The minimum absolute atomic E-state index is 0.147. The molecule has 6 nitrogen and oxygen atoms in total. The summed E-state index contributed by atoms with van der Waals surface area (Å²) in [5, 5.41) is 17.7. The van der Waals surface area contributed by atoms with Gasteiger partial charge < -0.3 is 15.7 Å². The molecule has 0 atom stereocenters. The van der Waals surface area contributed by atoms with Crippen LogP contribution in [0.25, 0.3) is 21.1 Å². The van der Waals surface area contributed by atoms with Crippen LogP contribution in [0.2, 0.25) is 0 Å². The summed E-state index contributed by atoms with van der Waals surface area (Å²) in [4.78, 5) is 13.8. The third kappa shape index (κ3) is 3.84. The van der Waals surface area contributed by atoms with Gasteiger partial charge in [0.05, 0.1) is 20.7 Å². The number of benzene rings is 2. The zero-order valence-corrected chi connectivity index (χ0v) is 16.1. The Balaban J connectivity index is 1.70. The highest BCUT2D eigenvalue weighted by Gasteiger charge is 2.09. The van der Waals surface area contributed by atoms with Gasteiger partial charge in [-0.25, -0.2) is 9.97 Å². The standard InChI is InChI=1S/C20H21N5OS/c1-12-4-6-16-15(10-12)19(21-8-3-9-26)25-20(24-16)23-14-5-7-17-18(11-14)27-13(2)22-17/h4-7,10-11,26H,3,8-9H2,1-2H3,(H2,21,23,24,25). The molecule has 0 aliphatic heterocycles. The molecule has 0 fully saturated rings. The molecule has 0 amide bonds. The first-order valence-corrected chi connectivity index (χ1v) is 9.71. The van der Waals surface area contributed by atoms with Crippen LogP contribution in [-0.2, 0) is 0 Å². The fourth-order valence-electron chi connectivity index (χ4n) is 2.97. The van der Waals surface area contributed by atoms with Gasteiger partial charge in [-0.15, -0.1) is 11.3 Å². The van der Waals surface area contributed by atoms with E-state index in [9.17, 15) is 0 Å². The highest BCUT2D eigenvalue weighted by atomic mass is 32.1. The molecule has 2 heterocycles. The Morgan fingerprint density at radius 3 is 2.70 bits per heavy atom. The Hall–Kier alpha value is -2.77. The van der Waals surface area contributed by atoms with Crippen LogP contribution in [-0.4, -0.2) is 33.2 Å². The van der Waals surface area contributed by atoms with Crippen LogP contribution in [0.15, 0.2) is 36.4 Å². The van der Waals surface area contributed by atoms with Crippen LogP contribution in [0.1, 0.15) is 17.0 Å². The summed E-state index contributed by atoms with van der Waals surface area (Å²) in [6.07, 6.45) is 0.668. The van der Waals surface area contributed by atoms with Crippen molar-refractivity contribution in [1.82, 2.24) is 15.0 Å². The molecule has 27 heavy (non-hydrogen) atoms. The van der Waals surface area contributed by atoms with Crippen LogP contribution < -0.4 is 10.6 Å². The third-order valence-electron chi connectivity index (χ3n) is 4.23.